The zero-order valence-corrected chi connectivity index (χ0v) is 56.5. The molecule has 0 saturated carbocycles. The first-order valence-corrected chi connectivity index (χ1v) is 38.0. The molecule has 0 bridgehead atoms. The third-order valence-electron chi connectivity index (χ3n) is 22.1. The second kappa shape index (κ2) is 22.3. The maximum atomic E-state index is 2.60. The van der Waals surface area contributed by atoms with Crippen LogP contribution in [0, 0.1) is 0 Å². The molecule has 96 heavy (non-hydrogen) atoms. The van der Waals surface area contributed by atoms with Gasteiger partial charge in [0.25, 0.3) is 0 Å². The van der Waals surface area contributed by atoms with E-state index in [2.05, 4.69) is 380 Å². The Morgan fingerprint density at radius 2 is 0.375 bits per heavy atom. The van der Waals surface area contributed by atoms with E-state index in [1.807, 2.05) is 0 Å². The molecule has 0 fully saturated rings. The second-order valence-corrected chi connectivity index (χ2v) is 35.3. The summed E-state index contributed by atoms with van der Waals surface area (Å²) in [6, 6.07) is 135. The minimum Gasteiger partial charge on any atom is -0.0623 e. The van der Waals surface area contributed by atoms with Gasteiger partial charge < -0.3 is 0 Å². The van der Waals surface area contributed by atoms with Crippen LogP contribution in [0.5, 0.6) is 0 Å². The van der Waals surface area contributed by atoms with Crippen molar-refractivity contribution < 1.29 is 0 Å². The highest BCUT2D eigenvalue weighted by Crippen LogP contribution is 2.55. The van der Waals surface area contributed by atoms with Crippen molar-refractivity contribution in [1.29, 1.82) is 0 Å². The van der Waals surface area contributed by atoms with Crippen LogP contribution in [0.15, 0.2) is 352 Å². The van der Waals surface area contributed by atoms with Crippen LogP contribution in [-0.4, -0.2) is 16.1 Å². The molecule has 2 heteroatoms. The lowest BCUT2D eigenvalue weighted by atomic mass is 9.78. The van der Waals surface area contributed by atoms with Crippen LogP contribution in [0.3, 0.4) is 0 Å². The van der Waals surface area contributed by atoms with Crippen LogP contribution in [0.2, 0.25) is 0 Å². The molecule has 0 nitrogen and oxygen atoms in total. The van der Waals surface area contributed by atoms with E-state index in [1.165, 1.54) is 162 Å². The Kier molecular flexibility index (Phi) is 13.4. The van der Waals surface area contributed by atoms with Gasteiger partial charge in [0.05, 0.1) is 0 Å². The van der Waals surface area contributed by atoms with E-state index < -0.39 is 16.1 Å². The molecule has 0 unspecified atom stereocenters. The summed E-state index contributed by atoms with van der Waals surface area (Å²) in [5.74, 6) is 0. The highest BCUT2D eigenvalue weighted by Gasteiger charge is 2.46. The maximum Gasteiger partial charge on any atom is 0.179 e. The van der Waals surface area contributed by atoms with Gasteiger partial charge in [0.15, 0.2) is 16.1 Å². The van der Waals surface area contributed by atoms with Gasteiger partial charge in [-0.3, -0.25) is 0 Å². The van der Waals surface area contributed by atoms with E-state index in [9.17, 15) is 0 Å². The summed E-state index contributed by atoms with van der Waals surface area (Å²) >= 11 is 0. The second-order valence-electron chi connectivity index (χ2n) is 27.7. The first-order valence-electron chi connectivity index (χ1n) is 34.0. The molecule has 0 spiro atoms. The van der Waals surface area contributed by atoms with Crippen LogP contribution < -0.4 is 41.5 Å². The quantitative estimate of drug-likeness (QED) is 0.0688. The standard InChI is InChI=1S/C94H70Si2/c1-93(2)85-59-63(51-55-73(85)75-57-53-71(61-87(75)93)95(65-31-11-5-12-32-65,66-33-13-6-14-34-66)67-35-15-7-16-36-67)89-77-43-23-27-47-81(77)91(82-48-28-24-44-78(82)89)92-83-49-29-25-45-79(83)90(80-46-26-30-50-84(80)92)64-52-56-74-76-58-54-72(62-88(76)94(3,4)86(74)60-64)96(68-37-17-8-18-38-68,69-39-19-9-20-40-69)70-41-21-10-22-42-70/h5-62H,1-4H3. The number of rotatable bonds is 11. The fourth-order valence-corrected chi connectivity index (χ4v) is 27.3. The Morgan fingerprint density at radius 3 is 0.615 bits per heavy atom. The van der Waals surface area contributed by atoms with E-state index in [0.29, 0.717) is 0 Å². The topological polar surface area (TPSA) is 0 Å². The average molecular weight is 1260 g/mol. The van der Waals surface area contributed by atoms with Crippen LogP contribution in [0.25, 0.3) is 98.7 Å². The van der Waals surface area contributed by atoms with E-state index in [4.69, 9.17) is 0 Å². The molecular formula is C94H70Si2. The van der Waals surface area contributed by atoms with Crippen LogP contribution in [0.1, 0.15) is 49.9 Å². The van der Waals surface area contributed by atoms with Crippen molar-refractivity contribution in [3.05, 3.63) is 374 Å². The lowest BCUT2D eigenvalue weighted by Gasteiger charge is -2.35. The zero-order valence-electron chi connectivity index (χ0n) is 54.5. The molecule has 0 radical (unpaired) electrons. The summed E-state index contributed by atoms with van der Waals surface area (Å²) in [7, 11) is -5.55. The van der Waals surface area contributed by atoms with Gasteiger partial charge >= 0.3 is 0 Å². The number of fused-ring (bicyclic) bond motifs is 10. The van der Waals surface area contributed by atoms with Gasteiger partial charge in [-0.05, 0) is 175 Å². The molecule has 2 aliphatic rings. The molecule has 18 rings (SSSR count). The first-order chi connectivity index (χ1) is 47.2. The van der Waals surface area contributed by atoms with Crippen LogP contribution in [-0.2, 0) is 10.8 Å². The van der Waals surface area contributed by atoms with Gasteiger partial charge in [0, 0.05) is 10.8 Å². The predicted octanol–water partition coefficient (Wildman–Crippen LogP) is 18.7. The molecule has 454 valence electrons. The maximum absolute atomic E-state index is 2.77. The van der Waals surface area contributed by atoms with Gasteiger partial charge in [-0.25, -0.2) is 0 Å². The monoisotopic (exact) mass is 1250 g/mol. The zero-order chi connectivity index (χ0) is 64.3. The number of hydrogen-bond donors (Lipinski definition) is 0. The van der Waals surface area contributed by atoms with Crippen LogP contribution >= 0.6 is 0 Å². The minimum absolute atomic E-state index is 0.282. The molecule has 0 amide bonds. The van der Waals surface area contributed by atoms with Crippen molar-refractivity contribution >= 4 is 101 Å². The third kappa shape index (κ3) is 8.45. The molecule has 2 aliphatic carbocycles. The Balaban J connectivity index is 0.775. The Hall–Kier alpha value is -11.0. The van der Waals surface area contributed by atoms with Crippen molar-refractivity contribution in [1.82, 2.24) is 0 Å². The molecule has 0 saturated heterocycles. The lowest BCUT2D eigenvalue weighted by molar-refractivity contribution is 0.661. The predicted molar refractivity (Wildman–Crippen MR) is 415 cm³/mol. The van der Waals surface area contributed by atoms with Crippen molar-refractivity contribution in [3.63, 3.8) is 0 Å². The normalized spacial score (nSPS) is 13.6. The molecule has 16 aromatic carbocycles. The SMILES string of the molecule is CC1(C)c2cc(-c3c4ccccc4c(-c4c5ccccc5c(-c5ccc6c(c5)C(C)(C)c5cc([Si](c7ccccc7)(c7ccccc7)c7ccccc7)ccc5-6)c5ccccc45)c4ccccc34)ccc2-c2ccc([Si](c3ccccc3)(c3ccccc3)c3ccccc3)cc21. The Labute approximate surface area is 565 Å². The average Bonchev–Trinajstić information content (AvgIpc) is 1.34. The van der Waals surface area contributed by atoms with E-state index in [1.54, 1.807) is 0 Å². The molecule has 0 N–H and O–H groups in total. The summed E-state index contributed by atoms with van der Waals surface area (Å²) in [6.07, 6.45) is 0. The summed E-state index contributed by atoms with van der Waals surface area (Å²) in [4.78, 5) is 0. The van der Waals surface area contributed by atoms with Gasteiger partial charge in [-0.2, -0.15) is 0 Å². The molecular weight excluding hydrogens is 1190 g/mol. The summed E-state index contributed by atoms with van der Waals surface area (Å²) in [5, 5.41) is 21.1. The largest absolute Gasteiger partial charge is 0.179 e. The van der Waals surface area contributed by atoms with Crippen molar-refractivity contribution in [2.45, 2.75) is 38.5 Å². The van der Waals surface area contributed by atoms with Gasteiger partial charge in [0.2, 0.25) is 0 Å². The summed E-state index contributed by atoms with van der Waals surface area (Å²) < 4.78 is 0. The van der Waals surface area contributed by atoms with Crippen molar-refractivity contribution in [2.75, 3.05) is 0 Å². The van der Waals surface area contributed by atoms with Gasteiger partial charge in [-0.15, -0.1) is 0 Å². The summed E-state index contributed by atoms with van der Waals surface area (Å²) in [5.41, 5.74) is 17.8. The fraction of sp³-hybridized carbons (Fsp3) is 0.0638. The summed E-state index contributed by atoms with van der Waals surface area (Å²) in [6.45, 7) is 9.82. The molecule has 0 atom stereocenters. The van der Waals surface area contributed by atoms with E-state index in [-0.39, 0.29) is 10.8 Å². The molecule has 0 aromatic heterocycles. The molecule has 16 aromatic rings. The van der Waals surface area contributed by atoms with Gasteiger partial charge in [-0.1, -0.05) is 367 Å². The number of hydrogen-bond acceptors (Lipinski definition) is 0. The molecule has 0 heterocycles. The van der Waals surface area contributed by atoms with E-state index >= 15 is 0 Å². The highest BCUT2D eigenvalue weighted by molar-refractivity contribution is 7.20. The molecule has 0 aliphatic heterocycles. The third-order valence-corrected chi connectivity index (χ3v) is 31.7. The lowest BCUT2D eigenvalue weighted by Crippen LogP contribution is -2.74. The minimum atomic E-state index is -2.77. The highest BCUT2D eigenvalue weighted by atomic mass is 28.3. The smallest absolute Gasteiger partial charge is 0.0623 e. The van der Waals surface area contributed by atoms with Crippen molar-refractivity contribution in [3.8, 4) is 55.6 Å². The van der Waals surface area contributed by atoms with Gasteiger partial charge in [0.1, 0.15) is 0 Å². The Bertz CT molecular complexity index is 5070. The van der Waals surface area contributed by atoms with Crippen LogP contribution in [0.4, 0.5) is 0 Å². The van der Waals surface area contributed by atoms with E-state index in [0.717, 1.165) is 0 Å². The first kappa shape index (κ1) is 57.6. The Morgan fingerprint density at radius 1 is 0.177 bits per heavy atom. The fourth-order valence-electron chi connectivity index (χ4n) is 17.8. The number of benzene rings is 16. The van der Waals surface area contributed by atoms with Crippen molar-refractivity contribution in [2.24, 2.45) is 0 Å².